The van der Waals surface area contributed by atoms with Crippen LogP contribution in [0.1, 0.15) is 15.9 Å². The largest absolute Gasteiger partial charge is 0.507 e. The van der Waals surface area contributed by atoms with Gasteiger partial charge in [-0.05, 0) is 23.8 Å². The molecule has 8 heteroatoms. The molecule has 1 amide bonds. The second kappa shape index (κ2) is 12.6. The van der Waals surface area contributed by atoms with Crippen molar-refractivity contribution in [2.24, 2.45) is 5.16 Å². The Bertz CT molecular complexity index is 943. The summed E-state index contributed by atoms with van der Waals surface area (Å²) >= 11 is 0. The zero-order chi connectivity index (χ0) is 22.5. The highest BCUT2D eigenvalue weighted by atomic mass is 16.6. The van der Waals surface area contributed by atoms with Gasteiger partial charge in [0.2, 0.25) is 5.91 Å². The van der Waals surface area contributed by atoms with Gasteiger partial charge in [-0.1, -0.05) is 59.8 Å². The number of benzene rings is 1. The number of esters is 1. The van der Waals surface area contributed by atoms with E-state index in [1.54, 1.807) is 48.6 Å². The summed E-state index contributed by atoms with van der Waals surface area (Å²) in [5.74, 6) is -1.37. The second-order valence-electron chi connectivity index (χ2n) is 6.20. The van der Waals surface area contributed by atoms with E-state index in [9.17, 15) is 19.8 Å². The summed E-state index contributed by atoms with van der Waals surface area (Å²) in [4.78, 5) is 28.9. The molecular weight excluding hydrogens is 400 g/mol. The summed E-state index contributed by atoms with van der Waals surface area (Å²) in [5, 5.41) is 26.6. The van der Waals surface area contributed by atoms with Gasteiger partial charge in [0.05, 0.1) is 6.21 Å². The maximum Gasteiger partial charge on any atom is 0.343 e. The first-order valence-corrected chi connectivity index (χ1v) is 9.43. The summed E-state index contributed by atoms with van der Waals surface area (Å²) in [6.07, 6.45) is 14.8. The van der Waals surface area contributed by atoms with Crippen molar-refractivity contribution in [1.29, 1.82) is 0 Å². The third kappa shape index (κ3) is 7.79. The van der Waals surface area contributed by atoms with Crippen molar-refractivity contribution in [3.63, 3.8) is 0 Å². The van der Waals surface area contributed by atoms with Crippen LogP contribution in [-0.4, -0.2) is 54.2 Å². The minimum atomic E-state index is -1.14. The lowest BCUT2D eigenvalue weighted by molar-refractivity contribution is -0.116. The number of amides is 1. The third-order valence-corrected chi connectivity index (χ3v) is 4.00. The molecule has 0 saturated carbocycles. The number of ether oxygens (including phenoxy) is 1. The van der Waals surface area contributed by atoms with Crippen molar-refractivity contribution in [3.8, 4) is 5.75 Å². The van der Waals surface area contributed by atoms with Gasteiger partial charge in [-0.25, -0.2) is 4.79 Å². The van der Waals surface area contributed by atoms with Gasteiger partial charge in [-0.2, -0.15) is 0 Å². The quantitative estimate of drug-likeness (QED) is 0.212. The van der Waals surface area contributed by atoms with Gasteiger partial charge >= 0.3 is 5.97 Å². The zero-order valence-corrected chi connectivity index (χ0v) is 16.9. The molecule has 1 aromatic carbocycles. The van der Waals surface area contributed by atoms with Crippen molar-refractivity contribution in [1.82, 2.24) is 5.32 Å². The van der Waals surface area contributed by atoms with E-state index in [4.69, 9.17) is 4.74 Å². The van der Waals surface area contributed by atoms with Crippen LogP contribution in [0, 0.1) is 0 Å². The molecular formula is C23H24N2O6. The number of aliphatic hydroxyl groups is 1. The summed E-state index contributed by atoms with van der Waals surface area (Å²) in [6.45, 7) is 0.138. The van der Waals surface area contributed by atoms with E-state index in [-0.39, 0.29) is 23.8 Å². The van der Waals surface area contributed by atoms with Gasteiger partial charge in [-0.15, -0.1) is 0 Å². The van der Waals surface area contributed by atoms with Crippen LogP contribution >= 0.6 is 0 Å². The van der Waals surface area contributed by atoms with Crippen LogP contribution in [-0.2, 0) is 14.4 Å². The molecule has 1 aromatic rings. The summed E-state index contributed by atoms with van der Waals surface area (Å²) in [5.41, 5.74) is 0.478. The number of nitrogens with one attached hydrogen (secondary N) is 1. The number of hydrogen-bond donors (Lipinski definition) is 3. The number of allylic oxidation sites excluding steroid dienone is 5. The maximum absolute atomic E-state index is 12.7. The Balaban J connectivity index is 2.13. The highest BCUT2D eigenvalue weighted by Crippen LogP contribution is 2.24. The van der Waals surface area contributed by atoms with Crippen LogP contribution in [0.3, 0.4) is 0 Å². The Labute approximate surface area is 180 Å². The topological polar surface area (TPSA) is 117 Å². The van der Waals surface area contributed by atoms with Gasteiger partial charge in [-0.3, -0.25) is 4.79 Å². The lowest BCUT2D eigenvalue weighted by atomic mass is 10.0. The van der Waals surface area contributed by atoms with Crippen LogP contribution in [0.5, 0.6) is 5.75 Å². The number of rotatable bonds is 6. The molecule has 162 valence electrons. The Morgan fingerprint density at radius 1 is 1.29 bits per heavy atom. The predicted octanol–water partition coefficient (Wildman–Crippen LogP) is 2.28. The zero-order valence-electron chi connectivity index (χ0n) is 16.9. The average Bonchev–Trinajstić information content (AvgIpc) is 2.74. The van der Waals surface area contributed by atoms with E-state index in [1.165, 1.54) is 43.7 Å². The fraction of sp³-hybridized carbons (Fsp3) is 0.174. The monoisotopic (exact) mass is 424 g/mol. The molecule has 2 rings (SSSR count). The van der Waals surface area contributed by atoms with E-state index >= 15 is 0 Å². The number of aromatic hydroxyl groups is 1. The van der Waals surface area contributed by atoms with Gasteiger partial charge in [0.15, 0.2) is 0 Å². The molecule has 1 heterocycles. The van der Waals surface area contributed by atoms with Crippen molar-refractivity contribution >= 4 is 24.2 Å². The van der Waals surface area contributed by atoms with E-state index < -0.39 is 18.2 Å². The first kappa shape index (κ1) is 23.4. The van der Waals surface area contributed by atoms with E-state index in [2.05, 4.69) is 15.3 Å². The van der Waals surface area contributed by atoms with Gasteiger partial charge < -0.3 is 25.1 Å². The summed E-state index contributed by atoms with van der Waals surface area (Å²) in [6, 6.07) is 4.67. The molecule has 0 unspecified atom stereocenters. The van der Waals surface area contributed by atoms with Gasteiger partial charge in [0.1, 0.15) is 30.6 Å². The number of phenols is 1. The van der Waals surface area contributed by atoms with Crippen LogP contribution in [0.2, 0.25) is 0 Å². The first-order chi connectivity index (χ1) is 15.0. The molecule has 1 aliphatic rings. The fourth-order valence-electron chi connectivity index (χ4n) is 2.55. The SMILES string of the molecule is CON=CC=CC(=O)NCC=C[C@@H]1OC(=O)c2c(O)cccc2C=CC=CC=C[C@@H]1O. The highest BCUT2D eigenvalue weighted by molar-refractivity contribution is 5.96. The van der Waals surface area contributed by atoms with E-state index in [0.717, 1.165) is 0 Å². The van der Waals surface area contributed by atoms with E-state index in [1.807, 2.05) is 0 Å². The number of phenolic OH excluding ortho intramolecular Hbond substituents is 1. The fourth-order valence-corrected chi connectivity index (χ4v) is 2.55. The van der Waals surface area contributed by atoms with Crippen molar-refractivity contribution in [2.75, 3.05) is 13.7 Å². The maximum atomic E-state index is 12.7. The number of carbonyl (C=O) groups is 2. The highest BCUT2D eigenvalue weighted by Gasteiger charge is 2.23. The molecule has 1 aliphatic heterocycles. The molecule has 0 saturated heterocycles. The number of hydrogen-bond acceptors (Lipinski definition) is 7. The predicted molar refractivity (Wildman–Crippen MR) is 117 cm³/mol. The number of fused-ring (bicyclic) bond motifs is 1. The van der Waals surface area contributed by atoms with Crippen molar-refractivity contribution in [3.05, 3.63) is 84.0 Å². The van der Waals surface area contributed by atoms with Crippen LogP contribution in [0.25, 0.3) is 6.08 Å². The first-order valence-electron chi connectivity index (χ1n) is 9.43. The summed E-state index contributed by atoms with van der Waals surface area (Å²) in [7, 11) is 1.39. The Morgan fingerprint density at radius 3 is 2.90 bits per heavy atom. The average molecular weight is 424 g/mol. The van der Waals surface area contributed by atoms with Crippen LogP contribution in [0.4, 0.5) is 0 Å². The number of aliphatic hydroxyl groups excluding tert-OH is 1. The lowest BCUT2D eigenvalue weighted by Crippen LogP contribution is -2.29. The smallest absolute Gasteiger partial charge is 0.343 e. The minimum Gasteiger partial charge on any atom is -0.507 e. The van der Waals surface area contributed by atoms with Crippen LogP contribution in [0.15, 0.2) is 78.0 Å². The van der Waals surface area contributed by atoms with Gasteiger partial charge in [0.25, 0.3) is 0 Å². The lowest BCUT2D eigenvalue weighted by Gasteiger charge is -2.19. The Morgan fingerprint density at radius 2 is 2.10 bits per heavy atom. The molecule has 0 fully saturated rings. The molecule has 0 spiro atoms. The number of cyclic esters (lactones) is 1. The molecule has 0 bridgehead atoms. The van der Waals surface area contributed by atoms with Crippen LogP contribution < -0.4 is 5.32 Å². The molecule has 2 atom stereocenters. The van der Waals surface area contributed by atoms with Crippen molar-refractivity contribution < 1.29 is 29.4 Å². The molecule has 3 N–H and O–H groups in total. The van der Waals surface area contributed by atoms with E-state index in [0.29, 0.717) is 5.56 Å². The molecule has 0 aromatic heterocycles. The second-order valence-corrected chi connectivity index (χ2v) is 6.20. The third-order valence-electron chi connectivity index (χ3n) is 4.00. The Hall–Kier alpha value is -3.91. The molecule has 0 radical (unpaired) electrons. The van der Waals surface area contributed by atoms with Crippen molar-refractivity contribution in [2.45, 2.75) is 12.2 Å². The number of nitrogens with zero attached hydrogens (tertiary/aromatic N) is 1. The molecule has 31 heavy (non-hydrogen) atoms. The standard InChI is InChI=1S/C23H24N2O6/c1-30-25-16-8-14-21(28)24-15-7-13-20-18(26)11-5-3-2-4-9-17-10-6-12-19(27)22(17)23(29)31-20/h2-14,16,18,20,26-27H,15H2,1H3,(H,24,28)/t18-,20-/m0/s1. The Kier molecular flexibility index (Phi) is 9.51. The molecule has 8 nitrogen and oxygen atoms in total. The number of carbonyl (C=O) groups excluding carboxylic acids is 2. The number of oxime groups is 1. The van der Waals surface area contributed by atoms with Gasteiger partial charge in [0, 0.05) is 12.6 Å². The minimum absolute atomic E-state index is 0.00142. The normalized spacial score (nSPS) is 19.2. The summed E-state index contributed by atoms with van der Waals surface area (Å²) < 4.78 is 5.44. The molecule has 0 aliphatic carbocycles.